The Labute approximate surface area is 106 Å². The van der Waals surface area contributed by atoms with Crippen LogP contribution in [0.5, 0.6) is 5.75 Å². The number of hydrogen-bond donors (Lipinski definition) is 1. The quantitative estimate of drug-likeness (QED) is 0.898. The molecule has 0 saturated heterocycles. The van der Waals surface area contributed by atoms with E-state index >= 15 is 0 Å². The minimum absolute atomic E-state index is 0.300. The van der Waals surface area contributed by atoms with E-state index in [9.17, 15) is 5.11 Å². The summed E-state index contributed by atoms with van der Waals surface area (Å²) in [6.07, 6.45) is 5.01. The molecule has 3 rings (SSSR count). The second-order valence-corrected chi connectivity index (χ2v) is 4.70. The molecule has 94 valence electrons. The second-order valence-electron chi connectivity index (χ2n) is 4.70. The van der Waals surface area contributed by atoms with E-state index in [1.807, 2.05) is 29.8 Å². The molecule has 1 aliphatic carbocycles. The van der Waals surface area contributed by atoms with Crippen LogP contribution in [0, 0.1) is 0 Å². The molecule has 0 aliphatic heterocycles. The molecule has 4 nitrogen and oxygen atoms in total. The molecule has 0 fully saturated rings. The van der Waals surface area contributed by atoms with Gasteiger partial charge in [0.05, 0.1) is 24.3 Å². The average Bonchev–Trinajstić information content (AvgIpc) is 2.94. The first-order valence-electron chi connectivity index (χ1n) is 6.13. The topological polar surface area (TPSA) is 47.3 Å². The normalized spacial score (nSPS) is 17.8. The fraction of sp³-hybridized carbons (Fsp3) is 0.357. The van der Waals surface area contributed by atoms with Gasteiger partial charge in [0.25, 0.3) is 0 Å². The summed E-state index contributed by atoms with van der Waals surface area (Å²) in [5, 5.41) is 9.74. The summed E-state index contributed by atoms with van der Waals surface area (Å²) in [7, 11) is 1.95. The Balaban J connectivity index is 1.73. The highest BCUT2D eigenvalue weighted by Crippen LogP contribution is 2.33. The molecule has 0 bridgehead atoms. The van der Waals surface area contributed by atoms with Gasteiger partial charge in [-0.15, -0.1) is 0 Å². The van der Waals surface area contributed by atoms with Crippen molar-refractivity contribution in [3.05, 3.63) is 47.5 Å². The Morgan fingerprint density at radius 1 is 1.50 bits per heavy atom. The zero-order chi connectivity index (χ0) is 12.5. The maximum atomic E-state index is 9.74. The molecule has 4 heteroatoms. The van der Waals surface area contributed by atoms with E-state index in [0.717, 1.165) is 29.8 Å². The average molecular weight is 244 g/mol. The standard InChI is InChI=1S/C14H16N2O2/c1-16-9-15-7-11(16)8-18-12-3-4-13-10(6-12)2-5-14(13)17/h3-4,6-7,9,14,17H,2,5,8H2,1H3. The SMILES string of the molecule is Cn1cncc1COc1ccc2c(c1)CCC2O. The lowest BCUT2D eigenvalue weighted by molar-refractivity contribution is 0.180. The van der Waals surface area contributed by atoms with Crippen molar-refractivity contribution in [2.75, 3.05) is 0 Å². The number of aliphatic hydroxyl groups excluding tert-OH is 1. The third-order valence-corrected chi connectivity index (χ3v) is 3.46. The molecule has 0 saturated carbocycles. The smallest absolute Gasteiger partial charge is 0.130 e. The highest BCUT2D eigenvalue weighted by molar-refractivity contribution is 5.39. The van der Waals surface area contributed by atoms with Crippen LogP contribution in [-0.2, 0) is 20.1 Å². The van der Waals surface area contributed by atoms with Crippen LogP contribution in [0.1, 0.15) is 29.3 Å². The number of aryl methyl sites for hydroxylation is 2. The molecule has 18 heavy (non-hydrogen) atoms. The molecule has 1 aromatic carbocycles. The number of aliphatic hydroxyl groups is 1. The fourth-order valence-corrected chi connectivity index (χ4v) is 2.34. The van der Waals surface area contributed by atoms with Crippen LogP contribution < -0.4 is 4.74 Å². The molecule has 1 heterocycles. The summed E-state index contributed by atoms with van der Waals surface area (Å²) in [5.41, 5.74) is 3.28. The van der Waals surface area contributed by atoms with E-state index in [-0.39, 0.29) is 6.10 Å². The molecule has 2 aromatic rings. The number of fused-ring (bicyclic) bond motifs is 1. The number of ether oxygens (including phenoxy) is 1. The van der Waals surface area contributed by atoms with E-state index in [0.29, 0.717) is 6.61 Å². The lowest BCUT2D eigenvalue weighted by Crippen LogP contribution is -2.01. The lowest BCUT2D eigenvalue weighted by Gasteiger charge is -2.09. The predicted octanol–water partition coefficient (Wildman–Crippen LogP) is 1.98. The molecule has 1 unspecified atom stereocenters. The zero-order valence-corrected chi connectivity index (χ0v) is 10.3. The fourth-order valence-electron chi connectivity index (χ4n) is 2.34. The molecule has 1 N–H and O–H groups in total. The van der Waals surface area contributed by atoms with Crippen molar-refractivity contribution in [1.82, 2.24) is 9.55 Å². The van der Waals surface area contributed by atoms with Gasteiger partial charge in [-0.25, -0.2) is 4.98 Å². The monoisotopic (exact) mass is 244 g/mol. The van der Waals surface area contributed by atoms with E-state index in [2.05, 4.69) is 4.98 Å². The number of rotatable bonds is 3. The second kappa shape index (κ2) is 4.46. The van der Waals surface area contributed by atoms with Gasteiger partial charge in [0.2, 0.25) is 0 Å². The Morgan fingerprint density at radius 2 is 2.39 bits per heavy atom. The van der Waals surface area contributed by atoms with Gasteiger partial charge in [0.1, 0.15) is 12.4 Å². The van der Waals surface area contributed by atoms with Gasteiger partial charge in [-0.2, -0.15) is 0 Å². The summed E-state index contributed by atoms with van der Waals surface area (Å²) < 4.78 is 7.69. The summed E-state index contributed by atoms with van der Waals surface area (Å²) in [4.78, 5) is 4.05. The van der Waals surface area contributed by atoms with Crippen molar-refractivity contribution in [3.63, 3.8) is 0 Å². The molecule has 1 atom stereocenters. The van der Waals surface area contributed by atoms with Crippen molar-refractivity contribution in [2.24, 2.45) is 7.05 Å². The number of hydrogen-bond acceptors (Lipinski definition) is 3. The first-order valence-corrected chi connectivity index (χ1v) is 6.13. The zero-order valence-electron chi connectivity index (χ0n) is 10.3. The predicted molar refractivity (Wildman–Crippen MR) is 67.3 cm³/mol. The van der Waals surface area contributed by atoms with Crippen LogP contribution in [0.25, 0.3) is 0 Å². The van der Waals surface area contributed by atoms with E-state index in [1.165, 1.54) is 5.56 Å². The Bertz CT molecular complexity index is 563. The summed E-state index contributed by atoms with van der Waals surface area (Å²) in [6, 6.07) is 5.91. The highest BCUT2D eigenvalue weighted by atomic mass is 16.5. The lowest BCUT2D eigenvalue weighted by atomic mass is 10.1. The molecule has 1 aliphatic rings. The summed E-state index contributed by atoms with van der Waals surface area (Å²) in [6.45, 7) is 0.512. The maximum absolute atomic E-state index is 9.74. The molecular weight excluding hydrogens is 228 g/mol. The van der Waals surface area contributed by atoms with Crippen LogP contribution in [0.3, 0.4) is 0 Å². The van der Waals surface area contributed by atoms with Crippen LogP contribution in [0.15, 0.2) is 30.7 Å². The maximum Gasteiger partial charge on any atom is 0.130 e. The highest BCUT2D eigenvalue weighted by Gasteiger charge is 2.20. The van der Waals surface area contributed by atoms with Gasteiger partial charge in [0.15, 0.2) is 0 Å². The van der Waals surface area contributed by atoms with Crippen LogP contribution in [-0.4, -0.2) is 14.7 Å². The first kappa shape index (κ1) is 11.3. The van der Waals surface area contributed by atoms with Crippen molar-refractivity contribution in [2.45, 2.75) is 25.6 Å². The van der Waals surface area contributed by atoms with Gasteiger partial charge in [-0.1, -0.05) is 6.07 Å². The molecule has 0 spiro atoms. The summed E-state index contributed by atoms with van der Waals surface area (Å²) in [5.74, 6) is 0.851. The third kappa shape index (κ3) is 1.99. The van der Waals surface area contributed by atoms with Crippen LogP contribution in [0.2, 0.25) is 0 Å². The largest absolute Gasteiger partial charge is 0.487 e. The van der Waals surface area contributed by atoms with E-state index < -0.39 is 0 Å². The minimum atomic E-state index is -0.300. The van der Waals surface area contributed by atoms with Gasteiger partial charge in [-0.05, 0) is 36.1 Å². The van der Waals surface area contributed by atoms with Gasteiger partial charge < -0.3 is 14.4 Å². The van der Waals surface area contributed by atoms with Crippen molar-refractivity contribution >= 4 is 0 Å². The Morgan fingerprint density at radius 3 is 3.17 bits per heavy atom. The van der Waals surface area contributed by atoms with E-state index in [1.54, 1.807) is 12.5 Å². The van der Waals surface area contributed by atoms with Crippen molar-refractivity contribution < 1.29 is 9.84 Å². The molecule has 1 aromatic heterocycles. The van der Waals surface area contributed by atoms with Gasteiger partial charge in [-0.3, -0.25) is 0 Å². The number of aromatic nitrogens is 2. The molecule has 0 amide bonds. The molecular formula is C14H16N2O2. The third-order valence-electron chi connectivity index (χ3n) is 3.46. The molecule has 0 radical (unpaired) electrons. The van der Waals surface area contributed by atoms with Crippen molar-refractivity contribution in [3.8, 4) is 5.75 Å². The van der Waals surface area contributed by atoms with Crippen LogP contribution >= 0.6 is 0 Å². The van der Waals surface area contributed by atoms with Gasteiger partial charge >= 0.3 is 0 Å². The Hall–Kier alpha value is -1.81. The van der Waals surface area contributed by atoms with Gasteiger partial charge in [0, 0.05) is 7.05 Å². The summed E-state index contributed by atoms with van der Waals surface area (Å²) >= 11 is 0. The number of imidazole rings is 1. The first-order chi connectivity index (χ1) is 8.74. The van der Waals surface area contributed by atoms with E-state index in [4.69, 9.17) is 4.74 Å². The van der Waals surface area contributed by atoms with Crippen molar-refractivity contribution in [1.29, 1.82) is 0 Å². The van der Waals surface area contributed by atoms with Crippen LogP contribution in [0.4, 0.5) is 0 Å². The number of nitrogens with zero attached hydrogens (tertiary/aromatic N) is 2. The minimum Gasteiger partial charge on any atom is -0.487 e. The number of benzene rings is 1. The Kier molecular flexibility index (Phi) is 2.80.